The highest BCUT2D eigenvalue weighted by molar-refractivity contribution is 7.98. The number of amides is 2. The molecule has 1 heterocycles. The Balaban J connectivity index is 2.30. The van der Waals surface area contributed by atoms with Gasteiger partial charge >= 0.3 is 12.3 Å². The molecule has 0 aliphatic rings. The fourth-order valence-electron chi connectivity index (χ4n) is 3.24. The SMILES string of the molecule is COCCN(CCC[C@H](Nc1nc(N)nc(SC)c1C#N)C(=O)Nc1cccc(C(F)(F)F)c1)C(=O)O. The fourth-order valence-corrected chi connectivity index (χ4v) is 3.77. The lowest BCUT2D eigenvalue weighted by Crippen LogP contribution is -2.38. The first-order valence-electron chi connectivity index (χ1n) is 10.8. The molecule has 2 rings (SSSR count). The largest absolute Gasteiger partial charge is 0.465 e. The number of aromatic nitrogens is 2. The van der Waals surface area contributed by atoms with Crippen LogP contribution >= 0.6 is 11.8 Å². The number of anilines is 3. The van der Waals surface area contributed by atoms with Crippen molar-refractivity contribution in [2.75, 3.05) is 49.4 Å². The Labute approximate surface area is 215 Å². The molecular formula is C22H26F3N7O4S. The second kappa shape index (κ2) is 13.5. The molecule has 0 unspecified atom stereocenters. The predicted molar refractivity (Wildman–Crippen MR) is 131 cm³/mol. The number of hydrogen-bond acceptors (Lipinski definition) is 9. The number of rotatable bonds is 12. The topological polar surface area (TPSA) is 166 Å². The van der Waals surface area contributed by atoms with Crippen molar-refractivity contribution in [2.24, 2.45) is 0 Å². The van der Waals surface area contributed by atoms with Crippen molar-refractivity contribution in [1.82, 2.24) is 14.9 Å². The summed E-state index contributed by atoms with van der Waals surface area (Å²) in [5.41, 5.74) is 4.74. The third-order valence-corrected chi connectivity index (χ3v) is 5.72. The quantitative estimate of drug-likeness (QED) is 0.231. The number of ether oxygens (including phenoxy) is 1. The van der Waals surface area contributed by atoms with E-state index < -0.39 is 29.8 Å². The lowest BCUT2D eigenvalue weighted by molar-refractivity contribution is -0.137. The number of halogens is 3. The highest BCUT2D eigenvalue weighted by atomic mass is 32.2. The third-order valence-electron chi connectivity index (χ3n) is 5.04. The first-order chi connectivity index (χ1) is 17.5. The number of carboxylic acid groups (broad SMARTS) is 1. The van der Waals surface area contributed by atoms with Gasteiger partial charge in [0.1, 0.15) is 22.7 Å². The second-order valence-corrected chi connectivity index (χ2v) is 8.39. The van der Waals surface area contributed by atoms with Crippen LogP contribution in [0.3, 0.4) is 0 Å². The molecule has 0 aliphatic heterocycles. The molecule has 1 aromatic heterocycles. The lowest BCUT2D eigenvalue weighted by Gasteiger charge is -2.23. The molecule has 0 aliphatic carbocycles. The van der Waals surface area contributed by atoms with Gasteiger partial charge in [-0.05, 0) is 37.3 Å². The van der Waals surface area contributed by atoms with E-state index >= 15 is 0 Å². The van der Waals surface area contributed by atoms with Gasteiger partial charge in [-0.2, -0.15) is 23.4 Å². The van der Waals surface area contributed by atoms with E-state index in [9.17, 15) is 33.1 Å². The van der Waals surface area contributed by atoms with E-state index in [1.54, 1.807) is 6.26 Å². The molecule has 0 saturated heterocycles. The van der Waals surface area contributed by atoms with Crippen LogP contribution in [0.2, 0.25) is 0 Å². The number of nitrogens with two attached hydrogens (primary N) is 1. The zero-order chi connectivity index (χ0) is 27.6. The summed E-state index contributed by atoms with van der Waals surface area (Å²) in [6.07, 6.45) is -3.86. The van der Waals surface area contributed by atoms with Crippen molar-refractivity contribution in [3.05, 3.63) is 35.4 Å². The number of nitriles is 1. The van der Waals surface area contributed by atoms with E-state index in [1.807, 2.05) is 6.07 Å². The number of nitrogens with one attached hydrogen (secondary N) is 2. The normalized spacial score (nSPS) is 11.9. The van der Waals surface area contributed by atoms with E-state index in [4.69, 9.17) is 10.5 Å². The molecule has 15 heteroatoms. The Hall–Kier alpha value is -3.77. The van der Waals surface area contributed by atoms with E-state index in [2.05, 4.69) is 20.6 Å². The first-order valence-corrected chi connectivity index (χ1v) is 12.1. The van der Waals surface area contributed by atoms with Gasteiger partial charge in [0.15, 0.2) is 5.82 Å². The zero-order valence-electron chi connectivity index (χ0n) is 20.0. The summed E-state index contributed by atoms with van der Waals surface area (Å²) < 4.78 is 44.2. The summed E-state index contributed by atoms with van der Waals surface area (Å²) in [5, 5.41) is 24.5. The smallest absolute Gasteiger partial charge is 0.416 e. The molecule has 2 amide bonds. The predicted octanol–water partition coefficient (Wildman–Crippen LogP) is 3.50. The summed E-state index contributed by atoms with van der Waals surface area (Å²) in [4.78, 5) is 33.7. The maximum absolute atomic E-state index is 13.1. The summed E-state index contributed by atoms with van der Waals surface area (Å²) in [5.74, 6) is -0.901. The maximum Gasteiger partial charge on any atom is 0.416 e. The summed E-state index contributed by atoms with van der Waals surface area (Å²) in [6, 6.07) is 4.97. The van der Waals surface area contributed by atoms with Gasteiger partial charge in [0.25, 0.3) is 0 Å². The van der Waals surface area contributed by atoms with Gasteiger partial charge < -0.3 is 31.1 Å². The molecule has 5 N–H and O–H groups in total. The Morgan fingerprint density at radius 3 is 2.65 bits per heavy atom. The van der Waals surface area contributed by atoms with Crippen molar-refractivity contribution in [2.45, 2.75) is 30.1 Å². The zero-order valence-corrected chi connectivity index (χ0v) is 20.8. The second-order valence-electron chi connectivity index (χ2n) is 7.60. The molecule has 0 bridgehead atoms. The molecule has 1 aromatic carbocycles. The van der Waals surface area contributed by atoms with Crippen LogP contribution in [0.5, 0.6) is 0 Å². The lowest BCUT2D eigenvalue weighted by atomic mass is 10.1. The van der Waals surface area contributed by atoms with Gasteiger partial charge in [0.2, 0.25) is 11.9 Å². The summed E-state index contributed by atoms with van der Waals surface area (Å²) in [6.45, 7) is 0.340. The average molecular weight is 542 g/mol. The summed E-state index contributed by atoms with van der Waals surface area (Å²) in [7, 11) is 1.43. The standard InChI is InChI=1S/C22H26F3N7O4S/c1-36-10-9-32(21(34)35)8-4-7-16(29-17-15(12-26)19(37-2)31-20(27)30-17)18(33)28-14-6-3-5-13(11-14)22(23,24)25/h3,5-6,11,16H,4,7-10H2,1-2H3,(H,28,33)(H,34,35)(H3,27,29,30,31)/t16-/m0/s1. The van der Waals surface area contributed by atoms with E-state index in [0.717, 1.165) is 34.9 Å². The number of carbonyl (C=O) groups is 2. The van der Waals surface area contributed by atoms with Crippen LogP contribution in [-0.4, -0.2) is 71.1 Å². The van der Waals surface area contributed by atoms with Gasteiger partial charge in [0.05, 0.1) is 12.2 Å². The highest BCUT2D eigenvalue weighted by Crippen LogP contribution is 2.31. The van der Waals surface area contributed by atoms with Crippen molar-refractivity contribution in [1.29, 1.82) is 5.26 Å². The van der Waals surface area contributed by atoms with Crippen LogP contribution in [0, 0.1) is 11.3 Å². The van der Waals surface area contributed by atoms with Crippen LogP contribution < -0.4 is 16.4 Å². The number of nitrogens with zero attached hydrogens (tertiary/aromatic N) is 4. The average Bonchev–Trinajstić information content (AvgIpc) is 2.84. The molecule has 0 saturated carbocycles. The number of benzene rings is 1. The molecule has 0 radical (unpaired) electrons. The third kappa shape index (κ3) is 8.69. The van der Waals surface area contributed by atoms with Crippen molar-refractivity contribution >= 4 is 41.2 Å². The van der Waals surface area contributed by atoms with Gasteiger partial charge in [-0.25, -0.2) is 9.78 Å². The molecule has 11 nitrogen and oxygen atoms in total. The Bertz CT molecular complexity index is 1140. The van der Waals surface area contributed by atoms with Crippen LogP contribution in [0.15, 0.2) is 29.3 Å². The number of hydrogen-bond donors (Lipinski definition) is 4. The van der Waals surface area contributed by atoms with E-state index in [1.165, 1.54) is 13.2 Å². The van der Waals surface area contributed by atoms with Crippen molar-refractivity contribution in [3.8, 4) is 6.07 Å². The minimum Gasteiger partial charge on any atom is -0.465 e. The molecule has 0 spiro atoms. The minimum absolute atomic E-state index is 0.0296. The number of carbonyl (C=O) groups excluding carboxylic acids is 1. The van der Waals surface area contributed by atoms with Crippen LogP contribution in [0.25, 0.3) is 0 Å². The van der Waals surface area contributed by atoms with E-state index in [0.29, 0.717) is 0 Å². The molecule has 200 valence electrons. The van der Waals surface area contributed by atoms with Gasteiger partial charge in [-0.1, -0.05) is 6.07 Å². The molecule has 1 atom stereocenters. The van der Waals surface area contributed by atoms with Gasteiger partial charge in [0, 0.05) is 25.9 Å². The van der Waals surface area contributed by atoms with Gasteiger partial charge in [-0.3, -0.25) is 4.79 Å². The summed E-state index contributed by atoms with van der Waals surface area (Å²) >= 11 is 1.14. The van der Waals surface area contributed by atoms with Gasteiger partial charge in [-0.15, -0.1) is 11.8 Å². The molecular weight excluding hydrogens is 515 g/mol. The maximum atomic E-state index is 13.1. The van der Waals surface area contributed by atoms with Crippen LogP contribution in [0.1, 0.15) is 24.0 Å². The van der Waals surface area contributed by atoms with Crippen LogP contribution in [-0.2, 0) is 15.7 Å². The minimum atomic E-state index is -4.60. The Morgan fingerprint density at radius 2 is 2.05 bits per heavy atom. The number of alkyl halides is 3. The van der Waals surface area contributed by atoms with Crippen LogP contribution in [0.4, 0.5) is 35.4 Å². The molecule has 2 aromatic rings. The Morgan fingerprint density at radius 1 is 1.32 bits per heavy atom. The van der Waals surface area contributed by atoms with Crippen molar-refractivity contribution in [3.63, 3.8) is 0 Å². The highest BCUT2D eigenvalue weighted by Gasteiger charge is 2.31. The Kier molecular flexibility index (Phi) is 10.8. The fraction of sp³-hybridized carbons (Fsp3) is 0.409. The number of nitrogen functional groups attached to an aromatic ring is 1. The van der Waals surface area contributed by atoms with E-state index in [-0.39, 0.29) is 60.6 Å². The molecule has 37 heavy (non-hydrogen) atoms. The van der Waals surface area contributed by atoms with Crippen molar-refractivity contribution < 1.29 is 32.6 Å². The number of thioether (sulfide) groups is 1. The molecule has 0 fully saturated rings. The monoisotopic (exact) mass is 541 g/mol. The first kappa shape index (κ1) is 29.5. The number of methoxy groups -OCH3 is 1.